The third-order valence-electron chi connectivity index (χ3n) is 3.85. The Morgan fingerprint density at radius 1 is 1.29 bits per heavy atom. The molecule has 0 radical (unpaired) electrons. The fourth-order valence-corrected chi connectivity index (χ4v) is 4.60. The van der Waals surface area contributed by atoms with E-state index >= 15 is 0 Å². The molecule has 1 aromatic carbocycles. The number of fused-ring (bicyclic) bond motifs is 1. The number of aliphatic hydroxyl groups is 1. The van der Waals surface area contributed by atoms with E-state index in [9.17, 15) is 13.5 Å². The molecule has 3 rings (SSSR count). The van der Waals surface area contributed by atoms with Gasteiger partial charge in [0.15, 0.2) is 5.79 Å². The van der Waals surface area contributed by atoms with Crippen molar-refractivity contribution < 1.29 is 23.0 Å². The molecule has 2 saturated heterocycles. The highest BCUT2D eigenvalue weighted by atomic mass is 32.2. The van der Waals surface area contributed by atoms with Gasteiger partial charge in [-0.25, -0.2) is 8.42 Å². The van der Waals surface area contributed by atoms with E-state index < -0.39 is 28.1 Å². The van der Waals surface area contributed by atoms with E-state index in [1.54, 1.807) is 32.0 Å². The minimum atomic E-state index is -3.77. The first-order valence-corrected chi connectivity index (χ1v) is 8.34. The summed E-state index contributed by atoms with van der Waals surface area (Å²) in [5.74, 6) is -0.757. The van der Waals surface area contributed by atoms with Crippen LogP contribution in [0.15, 0.2) is 35.2 Å². The van der Waals surface area contributed by atoms with Gasteiger partial charge in [-0.1, -0.05) is 18.2 Å². The largest absolute Gasteiger partial charge is 0.377 e. The van der Waals surface area contributed by atoms with Gasteiger partial charge < -0.3 is 14.6 Å². The van der Waals surface area contributed by atoms with Crippen LogP contribution in [-0.4, -0.2) is 48.6 Å². The average Bonchev–Trinajstić information content (AvgIpc) is 2.74. The van der Waals surface area contributed by atoms with Crippen LogP contribution in [0.3, 0.4) is 0 Å². The molecule has 0 saturated carbocycles. The Bertz CT molecular complexity index is 616. The molecule has 6 nitrogen and oxygen atoms in total. The SMILES string of the molecule is CC1(C)OC[C@H]2[C@H](CC(O)N2S(=O)(=O)c2ccccc2)O1. The van der Waals surface area contributed by atoms with Gasteiger partial charge in [0.2, 0.25) is 10.0 Å². The summed E-state index contributed by atoms with van der Waals surface area (Å²) in [6.07, 6.45) is -1.20. The first-order valence-electron chi connectivity index (χ1n) is 6.90. The first-order chi connectivity index (χ1) is 9.81. The summed E-state index contributed by atoms with van der Waals surface area (Å²) in [5.41, 5.74) is 0. The summed E-state index contributed by atoms with van der Waals surface area (Å²) in [6.45, 7) is 3.77. The predicted molar refractivity (Wildman–Crippen MR) is 74.8 cm³/mol. The van der Waals surface area contributed by atoms with Crippen LogP contribution in [0.1, 0.15) is 20.3 Å². The van der Waals surface area contributed by atoms with Gasteiger partial charge in [-0.2, -0.15) is 4.31 Å². The van der Waals surface area contributed by atoms with Crippen LogP contribution in [0.5, 0.6) is 0 Å². The fraction of sp³-hybridized carbons (Fsp3) is 0.571. The zero-order chi connectivity index (χ0) is 15.3. The molecule has 0 spiro atoms. The number of sulfonamides is 1. The first kappa shape index (κ1) is 14.9. The van der Waals surface area contributed by atoms with Crippen molar-refractivity contribution in [3.63, 3.8) is 0 Å². The van der Waals surface area contributed by atoms with E-state index in [-0.39, 0.29) is 24.0 Å². The van der Waals surface area contributed by atoms with E-state index in [1.165, 1.54) is 12.1 Å². The number of aliphatic hydroxyl groups excluding tert-OH is 1. The third-order valence-corrected chi connectivity index (χ3v) is 5.79. The number of rotatable bonds is 2. The molecule has 0 aliphatic carbocycles. The van der Waals surface area contributed by atoms with Crippen LogP contribution in [0, 0.1) is 0 Å². The molecule has 0 amide bonds. The Morgan fingerprint density at radius 2 is 1.95 bits per heavy atom. The van der Waals surface area contributed by atoms with Crippen LogP contribution in [0.4, 0.5) is 0 Å². The van der Waals surface area contributed by atoms with Crippen LogP contribution in [-0.2, 0) is 19.5 Å². The van der Waals surface area contributed by atoms with Crippen molar-refractivity contribution >= 4 is 10.0 Å². The molecule has 3 atom stereocenters. The Labute approximate surface area is 124 Å². The van der Waals surface area contributed by atoms with E-state index in [0.29, 0.717) is 0 Å². The zero-order valence-corrected chi connectivity index (χ0v) is 12.8. The second kappa shape index (κ2) is 5.03. The summed E-state index contributed by atoms with van der Waals surface area (Å²) in [4.78, 5) is 0.162. The van der Waals surface area contributed by atoms with E-state index in [2.05, 4.69) is 0 Å². The molecule has 2 heterocycles. The Balaban J connectivity index is 1.93. The molecule has 1 unspecified atom stereocenters. The summed E-state index contributed by atoms with van der Waals surface area (Å²) in [6, 6.07) is 7.59. The lowest BCUT2D eigenvalue weighted by atomic mass is 10.1. The number of benzene rings is 1. The highest BCUT2D eigenvalue weighted by Gasteiger charge is 2.52. The van der Waals surface area contributed by atoms with Crippen LogP contribution >= 0.6 is 0 Å². The standard InChI is InChI=1S/C14H19NO5S/c1-14(2)19-9-11-12(20-14)8-13(16)15(11)21(17,18)10-6-4-3-5-7-10/h3-7,11-13,16H,8-9H2,1-2H3/t11-,12-,13?/m0/s1. The Hall–Kier alpha value is -0.990. The summed E-state index contributed by atoms with van der Waals surface area (Å²) < 4.78 is 37.8. The lowest BCUT2D eigenvalue weighted by Crippen LogP contribution is -2.53. The Morgan fingerprint density at radius 3 is 2.62 bits per heavy atom. The highest BCUT2D eigenvalue weighted by molar-refractivity contribution is 7.89. The number of hydrogen-bond acceptors (Lipinski definition) is 5. The van der Waals surface area contributed by atoms with Crippen molar-refractivity contribution in [3.05, 3.63) is 30.3 Å². The maximum absolute atomic E-state index is 12.7. The van der Waals surface area contributed by atoms with E-state index in [1.807, 2.05) is 0 Å². The van der Waals surface area contributed by atoms with Crippen molar-refractivity contribution in [2.45, 2.75) is 49.3 Å². The van der Waals surface area contributed by atoms with Crippen molar-refractivity contribution in [1.29, 1.82) is 0 Å². The maximum Gasteiger partial charge on any atom is 0.245 e. The van der Waals surface area contributed by atoms with Gasteiger partial charge in [-0.3, -0.25) is 0 Å². The van der Waals surface area contributed by atoms with Crippen molar-refractivity contribution in [3.8, 4) is 0 Å². The number of nitrogens with zero attached hydrogens (tertiary/aromatic N) is 1. The van der Waals surface area contributed by atoms with Gasteiger partial charge in [0.25, 0.3) is 0 Å². The van der Waals surface area contributed by atoms with Crippen LogP contribution in [0.25, 0.3) is 0 Å². The lowest BCUT2D eigenvalue weighted by molar-refractivity contribution is -0.279. The summed E-state index contributed by atoms with van der Waals surface area (Å²) >= 11 is 0. The van der Waals surface area contributed by atoms with Crippen molar-refractivity contribution in [1.82, 2.24) is 4.31 Å². The lowest BCUT2D eigenvalue weighted by Gasteiger charge is -2.39. The molecular weight excluding hydrogens is 294 g/mol. The molecule has 1 aromatic rings. The summed E-state index contributed by atoms with van der Waals surface area (Å²) in [5, 5.41) is 10.2. The van der Waals surface area contributed by atoms with Crippen molar-refractivity contribution in [2.75, 3.05) is 6.61 Å². The second-order valence-corrected chi connectivity index (χ2v) is 7.64. The molecule has 7 heteroatoms. The number of hydrogen-bond donors (Lipinski definition) is 1. The maximum atomic E-state index is 12.7. The second-order valence-electron chi connectivity index (χ2n) is 5.80. The van der Waals surface area contributed by atoms with Gasteiger partial charge in [0, 0.05) is 6.42 Å². The van der Waals surface area contributed by atoms with Gasteiger partial charge in [-0.05, 0) is 26.0 Å². The predicted octanol–water partition coefficient (Wildman–Crippen LogP) is 0.919. The topological polar surface area (TPSA) is 76.1 Å². The highest BCUT2D eigenvalue weighted by Crippen LogP contribution is 2.37. The van der Waals surface area contributed by atoms with E-state index in [4.69, 9.17) is 9.47 Å². The molecule has 116 valence electrons. The minimum Gasteiger partial charge on any atom is -0.377 e. The molecule has 1 N–H and O–H groups in total. The third kappa shape index (κ3) is 2.60. The van der Waals surface area contributed by atoms with Crippen LogP contribution < -0.4 is 0 Å². The molecule has 0 bridgehead atoms. The molecule has 0 aromatic heterocycles. The van der Waals surface area contributed by atoms with Crippen LogP contribution in [0.2, 0.25) is 0 Å². The van der Waals surface area contributed by atoms with Gasteiger partial charge >= 0.3 is 0 Å². The van der Waals surface area contributed by atoms with E-state index in [0.717, 1.165) is 4.31 Å². The molecule has 21 heavy (non-hydrogen) atoms. The minimum absolute atomic E-state index is 0.162. The fourth-order valence-electron chi connectivity index (χ4n) is 2.90. The van der Waals surface area contributed by atoms with Gasteiger partial charge in [-0.15, -0.1) is 0 Å². The number of ether oxygens (including phenoxy) is 2. The summed E-state index contributed by atoms with van der Waals surface area (Å²) in [7, 11) is -3.77. The zero-order valence-electron chi connectivity index (χ0n) is 12.0. The molecule has 2 aliphatic heterocycles. The molecule has 2 fully saturated rings. The molecule has 2 aliphatic rings. The van der Waals surface area contributed by atoms with Gasteiger partial charge in [0.1, 0.15) is 6.23 Å². The molecular formula is C14H19NO5S. The van der Waals surface area contributed by atoms with Crippen molar-refractivity contribution in [2.24, 2.45) is 0 Å². The smallest absolute Gasteiger partial charge is 0.245 e. The average molecular weight is 313 g/mol. The Kier molecular flexibility index (Phi) is 3.58. The van der Waals surface area contributed by atoms with Gasteiger partial charge in [0.05, 0.1) is 23.6 Å². The normalized spacial score (nSPS) is 32.8. The monoisotopic (exact) mass is 313 g/mol. The quantitative estimate of drug-likeness (QED) is 0.878.